The van der Waals surface area contributed by atoms with Crippen LogP contribution in [0.1, 0.15) is 41.5 Å². The summed E-state index contributed by atoms with van der Waals surface area (Å²) < 4.78 is 5.23. The summed E-state index contributed by atoms with van der Waals surface area (Å²) in [7, 11) is 0. The zero-order valence-electron chi connectivity index (χ0n) is 11.5. The third kappa shape index (κ3) is 2.30. The number of imide groups is 1. The second-order valence-electron chi connectivity index (χ2n) is 4.77. The van der Waals surface area contributed by atoms with Gasteiger partial charge in [-0.1, -0.05) is 17.2 Å². The van der Waals surface area contributed by atoms with Crippen molar-refractivity contribution in [3.05, 3.63) is 35.4 Å². The van der Waals surface area contributed by atoms with Crippen LogP contribution in [0.2, 0.25) is 0 Å². The van der Waals surface area contributed by atoms with Crippen LogP contribution in [0.4, 0.5) is 0 Å². The Morgan fingerprint density at radius 2 is 1.65 bits per heavy atom. The Morgan fingerprint density at radius 3 is 2.10 bits per heavy atom. The Morgan fingerprint density at radius 1 is 1.15 bits per heavy atom. The van der Waals surface area contributed by atoms with Gasteiger partial charge in [0.05, 0.1) is 11.1 Å². The Hall–Kier alpha value is -2.21. The van der Waals surface area contributed by atoms with Gasteiger partial charge in [-0.05, 0) is 32.9 Å². The third-order valence-electron chi connectivity index (χ3n) is 2.93. The standard InChI is InChI=1S/C14H15NO5/c1-4-19-14(2,3)13(18)20-15-11(16)9-7-5-6-8-10(9)12(15)17/h5-8H,4H2,1-3H3. The van der Waals surface area contributed by atoms with Crippen LogP contribution in [0.3, 0.4) is 0 Å². The molecule has 1 aromatic carbocycles. The molecule has 0 unspecified atom stereocenters. The predicted molar refractivity (Wildman–Crippen MR) is 68.7 cm³/mol. The maximum Gasteiger partial charge on any atom is 0.364 e. The Kier molecular flexibility index (Phi) is 3.59. The molecule has 1 aliphatic rings. The van der Waals surface area contributed by atoms with Gasteiger partial charge in [0.15, 0.2) is 5.60 Å². The highest BCUT2D eigenvalue weighted by molar-refractivity contribution is 6.20. The molecule has 1 heterocycles. The summed E-state index contributed by atoms with van der Waals surface area (Å²) in [6.07, 6.45) is 0. The number of benzene rings is 1. The first-order valence-electron chi connectivity index (χ1n) is 6.22. The first-order chi connectivity index (χ1) is 9.38. The second-order valence-corrected chi connectivity index (χ2v) is 4.77. The van der Waals surface area contributed by atoms with Gasteiger partial charge < -0.3 is 9.57 Å². The summed E-state index contributed by atoms with van der Waals surface area (Å²) in [5.41, 5.74) is -0.789. The van der Waals surface area contributed by atoms with E-state index in [1.54, 1.807) is 19.1 Å². The lowest BCUT2D eigenvalue weighted by Crippen LogP contribution is -2.43. The van der Waals surface area contributed by atoms with Crippen molar-refractivity contribution in [2.75, 3.05) is 6.61 Å². The van der Waals surface area contributed by atoms with Crippen molar-refractivity contribution in [3.63, 3.8) is 0 Å². The maximum atomic E-state index is 12.0. The van der Waals surface area contributed by atoms with Gasteiger partial charge in [-0.15, -0.1) is 0 Å². The van der Waals surface area contributed by atoms with E-state index in [2.05, 4.69) is 0 Å². The van der Waals surface area contributed by atoms with Crippen molar-refractivity contribution in [3.8, 4) is 0 Å². The fourth-order valence-electron chi connectivity index (χ4n) is 1.86. The third-order valence-corrected chi connectivity index (χ3v) is 2.93. The first kappa shape index (κ1) is 14.2. The maximum absolute atomic E-state index is 12.0. The topological polar surface area (TPSA) is 72.9 Å². The van der Waals surface area contributed by atoms with Gasteiger partial charge in [0, 0.05) is 6.61 Å². The molecule has 0 fully saturated rings. The molecule has 6 heteroatoms. The molecule has 0 spiro atoms. The number of carbonyl (C=O) groups excluding carboxylic acids is 3. The van der Waals surface area contributed by atoms with E-state index in [-0.39, 0.29) is 11.1 Å². The Balaban J connectivity index is 2.19. The van der Waals surface area contributed by atoms with Crippen LogP contribution in [0.5, 0.6) is 0 Å². The highest BCUT2D eigenvalue weighted by atomic mass is 16.7. The van der Waals surface area contributed by atoms with E-state index < -0.39 is 23.4 Å². The molecular weight excluding hydrogens is 262 g/mol. The van der Waals surface area contributed by atoms with E-state index in [1.165, 1.54) is 26.0 Å². The highest BCUT2D eigenvalue weighted by Gasteiger charge is 2.41. The van der Waals surface area contributed by atoms with Gasteiger partial charge in [-0.25, -0.2) is 4.79 Å². The van der Waals surface area contributed by atoms with Gasteiger partial charge in [-0.3, -0.25) is 9.59 Å². The number of rotatable bonds is 4. The van der Waals surface area contributed by atoms with Crippen molar-refractivity contribution in [2.45, 2.75) is 26.4 Å². The van der Waals surface area contributed by atoms with E-state index >= 15 is 0 Å². The molecule has 20 heavy (non-hydrogen) atoms. The molecule has 0 bridgehead atoms. The fraction of sp³-hybridized carbons (Fsp3) is 0.357. The van der Waals surface area contributed by atoms with E-state index in [0.717, 1.165) is 0 Å². The van der Waals surface area contributed by atoms with Crippen molar-refractivity contribution in [1.29, 1.82) is 0 Å². The summed E-state index contributed by atoms with van der Waals surface area (Å²) in [5.74, 6) is -2.09. The van der Waals surface area contributed by atoms with Crippen LogP contribution in [-0.2, 0) is 14.4 Å². The highest BCUT2D eigenvalue weighted by Crippen LogP contribution is 2.24. The molecule has 0 N–H and O–H groups in total. The van der Waals surface area contributed by atoms with Crippen LogP contribution in [0.15, 0.2) is 24.3 Å². The molecule has 0 aromatic heterocycles. The number of hydroxylamine groups is 2. The van der Waals surface area contributed by atoms with E-state index in [1.807, 2.05) is 0 Å². The number of ether oxygens (including phenoxy) is 1. The zero-order chi connectivity index (χ0) is 14.9. The number of hydrogen-bond acceptors (Lipinski definition) is 5. The lowest BCUT2D eigenvalue weighted by molar-refractivity contribution is -0.191. The molecule has 1 aromatic rings. The van der Waals surface area contributed by atoms with Crippen molar-refractivity contribution in [2.24, 2.45) is 0 Å². The first-order valence-corrected chi connectivity index (χ1v) is 6.22. The monoisotopic (exact) mass is 277 g/mol. The largest absolute Gasteiger partial charge is 0.364 e. The molecule has 0 atom stereocenters. The van der Waals surface area contributed by atoms with Crippen LogP contribution >= 0.6 is 0 Å². The minimum Gasteiger partial charge on any atom is -0.364 e. The molecule has 2 amide bonds. The SMILES string of the molecule is CCOC(C)(C)C(=O)ON1C(=O)c2ccccc2C1=O. The minimum atomic E-state index is -1.23. The average Bonchev–Trinajstić information content (AvgIpc) is 2.64. The summed E-state index contributed by atoms with van der Waals surface area (Å²) in [6.45, 7) is 5.06. The average molecular weight is 277 g/mol. The van der Waals surface area contributed by atoms with Gasteiger partial charge >= 0.3 is 5.97 Å². The Bertz CT molecular complexity index is 544. The lowest BCUT2D eigenvalue weighted by Gasteiger charge is -2.24. The fourth-order valence-corrected chi connectivity index (χ4v) is 1.86. The Labute approximate surface area is 116 Å². The van der Waals surface area contributed by atoms with Gasteiger partial charge in [0.25, 0.3) is 11.8 Å². The van der Waals surface area contributed by atoms with Gasteiger partial charge in [0.1, 0.15) is 0 Å². The lowest BCUT2D eigenvalue weighted by atomic mass is 10.1. The zero-order valence-corrected chi connectivity index (χ0v) is 11.5. The van der Waals surface area contributed by atoms with Gasteiger partial charge in [-0.2, -0.15) is 0 Å². The number of carbonyl (C=O) groups is 3. The summed E-state index contributed by atoms with van der Waals surface area (Å²) in [6, 6.07) is 6.30. The molecular formula is C14H15NO5. The summed E-state index contributed by atoms with van der Waals surface area (Å²) in [4.78, 5) is 40.9. The number of fused-ring (bicyclic) bond motifs is 1. The molecule has 0 saturated carbocycles. The van der Waals surface area contributed by atoms with Crippen molar-refractivity contribution >= 4 is 17.8 Å². The molecule has 106 valence electrons. The van der Waals surface area contributed by atoms with E-state index in [4.69, 9.17) is 9.57 Å². The van der Waals surface area contributed by atoms with Crippen molar-refractivity contribution < 1.29 is 24.0 Å². The molecule has 0 radical (unpaired) electrons. The van der Waals surface area contributed by atoms with Crippen LogP contribution in [0, 0.1) is 0 Å². The van der Waals surface area contributed by atoms with E-state index in [9.17, 15) is 14.4 Å². The molecule has 0 saturated heterocycles. The van der Waals surface area contributed by atoms with E-state index in [0.29, 0.717) is 11.7 Å². The molecule has 6 nitrogen and oxygen atoms in total. The summed E-state index contributed by atoms with van der Waals surface area (Å²) >= 11 is 0. The quantitative estimate of drug-likeness (QED) is 0.781. The smallest absolute Gasteiger partial charge is 0.364 e. The van der Waals surface area contributed by atoms with Crippen molar-refractivity contribution in [1.82, 2.24) is 5.06 Å². The van der Waals surface area contributed by atoms with Crippen LogP contribution in [0.25, 0.3) is 0 Å². The summed E-state index contributed by atoms with van der Waals surface area (Å²) in [5, 5.41) is 0.480. The molecule has 2 rings (SSSR count). The number of hydrogen-bond donors (Lipinski definition) is 0. The number of amides is 2. The number of nitrogens with zero attached hydrogens (tertiary/aromatic N) is 1. The van der Waals surface area contributed by atoms with Crippen LogP contribution < -0.4 is 0 Å². The normalized spacial score (nSPS) is 14.4. The predicted octanol–water partition coefficient (Wildman–Crippen LogP) is 1.56. The molecule has 0 aliphatic carbocycles. The minimum absolute atomic E-state index is 0.222. The molecule has 1 aliphatic heterocycles. The second kappa shape index (κ2) is 5.05. The van der Waals surface area contributed by atoms with Crippen LogP contribution in [-0.4, -0.2) is 35.1 Å². The van der Waals surface area contributed by atoms with Gasteiger partial charge in [0.2, 0.25) is 0 Å².